The zero-order chi connectivity index (χ0) is 19.7. The van der Waals surface area contributed by atoms with Crippen LogP contribution in [0.1, 0.15) is 74.2 Å². The molecule has 138 valence electrons. The summed E-state index contributed by atoms with van der Waals surface area (Å²) in [4.78, 5) is 12.4. The third-order valence-corrected chi connectivity index (χ3v) is 4.51. The van der Waals surface area contributed by atoms with Crippen LogP contribution in [-0.2, 0) is 10.8 Å². The minimum absolute atomic E-state index is 0.0207. The van der Waals surface area contributed by atoms with Gasteiger partial charge in [-0.3, -0.25) is 4.79 Å². The normalized spacial score (nSPS) is 12.6. The average molecular weight is 351 g/mol. The Morgan fingerprint density at radius 1 is 0.885 bits per heavy atom. The van der Waals surface area contributed by atoms with E-state index in [1.54, 1.807) is 6.08 Å². The Balaban J connectivity index is 2.45. The number of ketones is 1. The van der Waals surface area contributed by atoms with Crippen LogP contribution in [0.5, 0.6) is 5.75 Å². The molecule has 0 spiro atoms. The van der Waals surface area contributed by atoms with Gasteiger partial charge in [0.2, 0.25) is 0 Å². The van der Waals surface area contributed by atoms with Gasteiger partial charge in [0.15, 0.2) is 5.78 Å². The highest BCUT2D eigenvalue weighted by Gasteiger charge is 2.26. The van der Waals surface area contributed by atoms with E-state index in [1.165, 1.54) is 0 Å². The molecule has 2 nitrogen and oxygen atoms in total. The molecule has 0 aliphatic heterocycles. The number of carbonyl (C=O) groups is 1. The van der Waals surface area contributed by atoms with Crippen LogP contribution in [-0.4, -0.2) is 10.9 Å². The van der Waals surface area contributed by atoms with E-state index in [-0.39, 0.29) is 16.6 Å². The molecule has 26 heavy (non-hydrogen) atoms. The third kappa shape index (κ3) is 4.63. The van der Waals surface area contributed by atoms with Gasteiger partial charge in [0.05, 0.1) is 0 Å². The highest BCUT2D eigenvalue weighted by Crippen LogP contribution is 2.40. The number of hydrogen-bond donors (Lipinski definition) is 1. The first-order valence-corrected chi connectivity index (χ1v) is 9.06. The fourth-order valence-electron chi connectivity index (χ4n) is 2.88. The summed E-state index contributed by atoms with van der Waals surface area (Å²) in [6.07, 6.45) is 3.45. The lowest BCUT2D eigenvalue weighted by molar-refractivity contribution is 0.104. The summed E-state index contributed by atoms with van der Waals surface area (Å²) in [6.45, 7) is 14.5. The maximum atomic E-state index is 12.4. The molecule has 0 saturated carbocycles. The molecule has 2 aromatic carbocycles. The summed E-state index contributed by atoms with van der Waals surface area (Å²) in [7, 11) is 0. The van der Waals surface area contributed by atoms with E-state index in [9.17, 15) is 9.90 Å². The lowest BCUT2D eigenvalue weighted by atomic mass is 9.78. The van der Waals surface area contributed by atoms with Gasteiger partial charge in [0, 0.05) is 16.7 Å². The van der Waals surface area contributed by atoms with Gasteiger partial charge in [0.1, 0.15) is 5.75 Å². The minimum Gasteiger partial charge on any atom is -0.507 e. The lowest BCUT2D eigenvalue weighted by Crippen LogP contribution is -2.17. The molecule has 1 N–H and O–H groups in total. The summed E-state index contributed by atoms with van der Waals surface area (Å²) in [5, 5.41) is 10.8. The lowest BCUT2D eigenvalue weighted by Gasteiger charge is -2.27. The quantitative estimate of drug-likeness (QED) is 0.529. The van der Waals surface area contributed by atoms with E-state index >= 15 is 0 Å². The van der Waals surface area contributed by atoms with Crippen molar-refractivity contribution in [2.45, 2.75) is 59.3 Å². The summed E-state index contributed by atoms with van der Waals surface area (Å²) in [6, 6.07) is 11.5. The van der Waals surface area contributed by atoms with Crippen molar-refractivity contribution < 1.29 is 9.90 Å². The molecule has 0 unspecified atom stereocenters. The first-order chi connectivity index (χ1) is 11.9. The Kier molecular flexibility index (Phi) is 5.46. The zero-order valence-corrected chi connectivity index (χ0v) is 17.0. The van der Waals surface area contributed by atoms with Crippen molar-refractivity contribution >= 4 is 11.9 Å². The second-order valence-electron chi connectivity index (χ2n) is 9.03. The summed E-state index contributed by atoms with van der Waals surface area (Å²) in [5.74, 6) is 0.333. The van der Waals surface area contributed by atoms with Crippen molar-refractivity contribution in [3.05, 3.63) is 70.3 Å². The Morgan fingerprint density at radius 3 is 1.77 bits per heavy atom. The second-order valence-corrected chi connectivity index (χ2v) is 9.03. The number of aromatic hydroxyl groups is 1. The smallest absolute Gasteiger partial charge is 0.185 e. The first-order valence-electron chi connectivity index (χ1n) is 9.06. The van der Waals surface area contributed by atoms with Crippen LogP contribution in [0.3, 0.4) is 0 Å². The second kappa shape index (κ2) is 7.11. The van der Waals surface area contributed by atoms with Crippen LogP contribution in [0.15, 0.2) is 42.5 Å². The monoisotopic (exact) mass is 350 g/mol. The summed E-state index contributed by atoms with van der Waals surface area (Å²) in [5.41, 5.74) is 4.16. The van der Waals surface area contributed by atoms with E-state index in [4.69, 9.17) is 0 Å². The standard InChI is InChI=1S/C24H30O2/c1-16-8-11-18(12-9-16)21(25)13-10-17-14-19(23(2,3)4)22(26)20(15-17)24(5,6)7/h8-15,26H,1-7H3. The van der Waals surface area contributed by atoms with E-state index in [0.717, 1.165) is 22.3 Å². The van der Waals surface area contributed by atoms with Crippen molar-refractivity contribution in [1.29, 1.82) is 0 Å². The van der Waals surface area contributed by atoms with Crippen LogP contribution in [0.2, 0.25) is 0 Å². The molecule has 0 aliphatic rings. The molecule has 0 aromatic heterocycles. The molecule has 2 rings (SSSR count). The molecule has 0 fully saturated rings. The molecule has 0 atom stereocenters. The molecule has 0 bridgehead atoms. The Morgan fingerprint density at radius 2 is 1.35 bits per heavy atom. The van der Waals surface area contributed by atoms with Gasteiger partial charge in [-0.25, -0.2) is 0 Å². The van der Waals surface area contributed by atoms with Crippen molar-refractivity contribution in [2.75, 3.05) is 0 Å². The van der Waals surface area contributed by atoms with Crippen LogP contribution < -0.4 is 0 Å². The molecule has 0 aliphatic carbocycles. The van der Waals surface area contributed by atoms with Gasteiger partial charge in [-0.2, -0.15) is 0 Å². The number of benzene rings is 2. The fraction of sp³-hybridized carbons (Fsp3) is 0.375. The highest BCUT2D eigenvalue weighted by atomic mass is 16.3. The van der Waals surface area contributed by atoms with Gasteiger partial charge in [-0.1, -0.05) is 77.4 Å². The molecule has 0 saturated heterocycles. The van der Waals surface area contributed by atoms with E-state index in [0.29, 0.717) is 11.3 Å². The number of rotatable bonds is 3. The number of hydrogen-bond acceptors (Lipinski definition) is 2. The third-order valence-electron chi connectivity index (χ3n) is 4.51. The zero-order valence-electron chi connectivity index (χ0n) is 17.0. The Bertz CT molecular complexity index is 791. The van der Waals surface area contributed by atoms with Crippen LogP contribution in [0, 0.1) is 6.92 Å². The van der Waals surface area contributed by atoms with Gasteiger partial charge in [-0.05, 0) is 41.5 Å². The number of phenolic OH excluding ortho intramolecular Hbond substituents is 1. The number of phenols is 1. The Labute approximate surface area is 157 Å². The largest absolute Gasteiger partial charge is 0.507 e. The predicted molar refractivity (Wildman–Crippen MR) is 110 cm³/mol. The van der Waals surface area contributed by atoms with Gasteiger partial charge in [-0.15, -0.1) is 0 Å². The van der Waals surface area contributed by atoms with Crippen molar-refractivity contribution in [1.82, 2.24) is 0 Å². The van der Waals surface area contributed by atoms with E-state index < -0.39 is 0 Å². The Hall–Kier alpha value is -2.35. The predicted octanol–water partition coefficient (Wildman–Crippen LogP) is 6.19. The average Bonchev–Trinajstić information content (AvgIpc) is 2.52. The van der Waals surface area contributed by atoms with E-state index in [1.807, 2.05) is 49.4 Å². The fourth-order valence-corrected chi connectivity index (χ4v) is 2.88. The van der Waals surface area contributed by atoms with E-state index in [2.05, 4.69) is 41.5 Å². The molecular weight excluding hydrogens is 320 g/mol. The van der Waals surface area contributed by atoms with Crippen molar-refractivity contribution in [3.63, 3.8) is 0 Å². The number of aryl methyl sites for hydroxylation is 1. The number of carbonyl (C=O) groups excluding carboxylic acids is 1. The van der Waals surface area contributed by atoms with Crippen LogP contribution >= 0.6 is 0 Å². The van der Waals surface area contributed by atoms with Crippen LogP contribution in [0.25, 0.3) is 6.08 Å². The highest BCUT2D eigenvalue weighted by molar-refractivity contribution is 6.06. The van der Waals surface area contributed by atoms with Gasteiger partial charge in [0.25, 0.3) is 0 Å². The molecule has 0 radical (unpaired) electrons. The van der Waals surface area contributed by atoms with Crippen LogP contribution in [0.4, 0.5) is 0 Å². The molecular formula is C24H30O2. The maximum Gasteiger partial charge on any atom is 0.185 e. The topological polar surface area (TPSA) is 37.3 Å². The SMILES string of the molecule is Cc1ccc(C(=O)C=Cc2cc(C(C)(C)C)c(O)c(C(C)(C)C)c2)cc1. The molecule has 0 heterocycles. The minimum atomic E-state index is -0.186. The molecule has 2 aromatic rings. The summed E-state index contributed by atoms with van der Waals surface area (Å²) >= 11 is 0. The van der Waals surface area contributed by atoms with Gasteiger partial charge < -0.3 is 5.11 Å². The molecule has 0 amide bonds. The summed E-state index contributed by atoms with van der Waals surface area (Å²) < 4.78 is 0. The van der Waals surface area contributed by atoms with Gasteiger partial charge >= 0.3 is 0 Å². The van der Waals surface area contributed by atoms with Crippen molar-refractivity contribution in [3.8, 4) is 5.75 Å². The number of allylic oxidation sites excluding steroid dienone is 1. The maximum absolute atomic E-state index is 12.4. The van der Waals surface area contributed by atoms with Crippen molar-refractivity contribution in [2.24, 2.45) is 0 Å². The first kappa shape index (κ1) is 20.0. The molecule has 2 heteroatoms.